The minimum Gasteiger partial charge on any atom is -0.427 e. The molecule has 5 heteroatoms. The molecule has 2 aromatic rings. The third-order valence-electron chi connectivity index (χ3n) is 2.55. The molecular weight excluding hydrogens is 272 g/mol. The number of benzene rings is 2. The summed E-state index contributed by atoms with van der Waals surface area (Å²) in [6.07, 6.45) is 0. The van der Waals surface area contributed by atoms with Crippen LogP contribution in [0.5, 0.6) is 5.75 Å². The van der Waals surface area contributed by atoms with Gasteiger partial charge in [0.15, 0.2) is 0 Å². The fraction of sp³-hybridized carbons (Fsp3) is 0.0625. The second-order valence-corrected chi connectivity index (χ2v) is 4.16. The van der Waals surface area contributed by atoms with E-state index in [4.69, 9.17) is 9.47 Å². The van der Waals surface area contributed by atoms with Gasteiger partial charge in [-0.05, 0) is 36.4 Å². The highest BCUT2D eigenvalue weighted by atomic mass is 16.6. The normalized spacial score (nSPS) is 9.76. The van der Waals surface area contributed by atoms with Crippen molar-refractivity contribution in [2.24, 2.45) is 0 Å². The lowest BCUT2D eigenvalue weighted by atomic mass is 10.2. The molecule has 21 heavy (non-hydrogen) atoms. The minimum atomic E-state index is -0.766. The van der Waals surface area contributed by atoms with Gasteiger partial charge in [0.1, 0.15) is 5.75 Å². The third kappa shape index (κ3) is 4.01. The molecule has 2 aromatic carbocycles. The second-order valence-electron chi connectivity index (χ2n) is 4.16. The van der Waals surface area contributed by atoms with Crippen molar-refractivity contribution >= 4 is 17.9 Å². The van der Waals surface area contributed by atoms with Gasteiger partial charge in [0, 0.05) is 6.92 Å². The molecule has 106 valence electrons. The molecule has 0 heterocycles. The molecule has 0 saturated carbocycles. The van der Waals surface area contributed by atoms with Crippen molar-refractivity contribution in [3.05, 3.63) is 65.7 Å². The first-order valence-electron chi connectivity index (χ1n) is 6.16. The Kier molecular flexibility index (Phi) is 4.46. The summed E-state index contributed by atoms with van der Waals surface area (Å²) in [4.78, 5) is 34.3. The second kappa shape index (κ2) is 6.47. The summed E-state index contributed by atoms with van der Waals surface area (Å²) in [5, 5.41) is 0. The lowest BCUT2D eigenvalue weighted by Gasteiger charge is -2.04. The van der Waals surface area contributed by atoms with Gasteiger partial charge in [-0.3, -0.25) is 4.79 Å². The molecule has 0 spiro atoms. The van der Waals surface area contributed by atoms with E-state index in [2.05, 4.69) is 0 Å². The zero-order chi connectivity index (χ0) is 15.2. The van der Waals surface area contributed by atoms with E-state index >= 15 is 0 Å². The Labute approximate surface area is 121 Å². The Morgan fingerprint density at radius 3 is 1.81 bits per heavy atom. The van der Waals surface area contributed by atoms with E-state index in [0.29, 0.717) is 11.3 Å². The molecular formula is C16H12O5. The van der Waals surface area contributed by atoms with Gasteiger partial charge in [-0.25, -0.2) is 9.59 Å². The summed E-state index contributed by atoms with van der Waals surface area (Å²) in [7, 11) is 0. The van der Waals surface area contributed by atoms with Crippen molar-refractivity contribution in [3.8, 4) is 5.75 Å². The van der Waals surface area contributed by atoms with Crippen LogP contribution in [0.25, 0.3) is 0 Å². The minimum absolute atomic E-state index is 0.190. The van der Waals surface area contributed by atoms with Crippen molar-refractivity contribution in [2.75, 3.05) is 0 Å². The quantitative estimate of drug-likeness (QED) is 0.492. The van der Waals surface area contributed by atoms with Crippen LogP contribution in [0.15, 0.2) is 54.6 Å². The van der Waals surface area contributed by atoms with Crippen LogP contribution in [0.1, 0.15) is 27.6 Å². The molecule has 5 nitrogen and oxygen atoms in total. The fourth-order valence-electron chi connectivity index (χ4n) is 1.60. The van der Waals surface area contributed by atoms with Crippen LogP contribution in [-0.2, 0) is 9.53 Å². The Morgan fingerprint density at radius 1 is 0.762 bits per heavy atom. The van der Waals surface area contributed by atoms with E-state index in [1.807, 2.05) is 0 Å². The molecule has 0 N–H and O–H groups in total. The Bertz CT molecular complexity index is 659. The average Bonchev–Trinajstić information content (AvgIpc) is 2.48. The van der Waals surface area contributed by atoms with Gasteiger partial charge in [0.2, 0.25) is 0 Å². The SMILES string of the molecule is CC(=O)Oc1ccc(C(=O)OC(=O)c2ccccc2)cc1. The summed E-state index contributed by atoms with van der Waals surface area (Å²) in [6.45, 7) is 1.28. The molecule has 0 atom stereocenters. The summed E-state index contributed by atoms with van der Waals surface area (Å²) < 4.78 is 9.60. The number of hydrogen-bond donors (Lipinski definition) is 0. The number of rotatable bonds is 3. The van der Waals surface area contributed by atoms with Crippen LogP contribution in [0.4, 0.5) is 0 Å². The van der Waals surface area contributed by atoms with Crippen molar-refractivity contribution < 1.29 is 23.9 Å². The van der Waals surface area contributed by atoms with Crippen molar-refractivity contribution in [1.29, 1.82) is 0 Å². The molecule has 0 unspecified atom stereocenters. The van der Waals surface area contributed by atoms with E-state index in [0.717, 1.165) is 0 Å². The highest BCUT2D eigenvalue weighted by Crippen LogP contribution is 2.14. The summed E-state index contributed by atoms with van der Waals surface area (Å²) in [5.74, 6) is -1.62. The van der Waals surface area contributed by atoms with Crippen LogP contribution in [0, 0.1) is 0 Å². The summed E-state index contributed by atoms with van der Waals surface area (Å²) in [5.41, 5.74) is 0.484. The van der Waals surface area contributed by atoms with Gasteiger partial charge in [0.25, 0.3) is 0 Å². The van der Waals surface area contributed by atoms with Crippen LogP contribution < -0.4 is 4.74 Å². The topological polar surface area (TPSA) is 69.7 Å². The maximum absolute atomic E-state index is 11.8. The van der Waals surface area contributed by atoms with Crippen LogP contribution >= 0.6 is 0 Å². The van der Waals surface area contributed by atoms with Crippen molar-refractivity contribution in [2.45, 2.75) is 6.92 Å². The number of carbonyl (C=O) groups is 3. The molecule has 0 amide bonds. The molecule has 0 radical (unpaired) electrons. The van der Waals surface area contributed by atoms with Gasteiger partial charge in [-0.15, -0.1) is 0 Å². The molecule has 0 saturated heterocycles. The Morgan fingerprint density at radius 2 is 1.29 bits per heavy atom. The largest absolute Gasteiger partial charge is 0.427 e. The standard InChI is InChI=1S/C16H12O5/c1-11(17)20-14-9-7-13(8-10-14)16(19)21-15(18)12-5-3-2-4-6-12/h2-10H,1H3. The third-order valence-corrected chi connectivity index (χ3v) is 2.55. The molecule has 0 aliphatic heterocycles. The lowest BCUT2D eigenvalue weighted by Crippen LogP contribution is -2.12. The van der Waals surface area contributed by atoms with E-state index in [1.54, 1.807) is 30.3 Å². The van der Waals surface area contributed by atoms with Gasteiger partial charge < -0.3 is 9.47 Å². The van der Waals surface area contributed by atoms with Crippen LogP contribution in [-0.4, -0.2) is 17.9 Å². The molecule has 0 aromatic heterocycles. The highest BCUT2D eigenvalue weighted by molar-refractivity contribution is 6.02. The molecule has 0 aliphatic rings. The highest BCUT2D eigenvalue weighted by Gasteiger charge is 2.14. The van der Waals surface area contributed by atoms with Gasteiger partial charge >= 0.3 is 17.9 Å². The van der Waals surface area contributed by atoms with E-state index in [9.17, 15) is 14.4 Å². The first kappa shape index (κ1) is 14.5. The number of carbonyl (C=O) groups excluding carboxylic acids is 3. The molecule has 0 bridgehead atoms. The molecule has 0 aliphatic carbocycles. The maximum atomic E-state index is 11.8. The first-order chi connectivity index (χ1) is 10.1. The fourth-order valence-corrected chi connectivity index (χ4v) is 1.60. The smallest absolute Gasteiger partial charge is 0.346 e. The van der Waals surface area contributed by atoms with E-state index in [-0.39, 0.29) is 5.56 Å². The summed E-state index contributed by atoms with van der Waals surface area (Å²) in [6, 6.07) is 13.9. The van der Waals surface area contributed by atoms with Gasteiger partial charge in [-0.1, -0.05) is 18.2 Å². The van der Waals surface area contributed by atoms with E-state index < -0.39 is 17.9 Å². The van der Waals surface area contributed by atoms with Gasteiger partial charge in [0.05, 0.1) is 11.1 Å². The zero-order valence-corrected chi connectivity index (χ0v) is 11.2. The van der Waals surface area contributed by atoms with Crippen LogP contribution in [0.2, 0.25) is 0 Å². The Balaban J connectivity index is 2.03. The van der Waals surface area contributed by atoms with Crippen LogP contribution in [0.3, 0.4) is 0 Å². The van der Waals surface area contributed by atoms with Gasteiger partial charge in [-0.2, -0.15) is 0 Å². The van der Waals surface area contributed by atoms with Crippen molar-refractivity contribution in [1.82, 2.24) is 0 Å². The summed E-state index contributed by atoms with van der Waals surface area (Å²) >= 11 is 0. The molecule has 2 rings (SSSR count). The maximum Gasteiger partial charge on any atom is 0.346 e. The zero-order valence-electron chi connectivity index (χ0n) is 11.2. The average molecular weight is 284 g/mol. The lowest BCUT2D eigenvalue weighted by molar-refractivity contribution is -0.131. The van der Waals surface area contributed by atoms with Crippen molar-refractivity contribution in [3.63, 3.8) is 0 Å². The monoisotopic (exact) mass is 284 g/mol. The number of esters is 3. The first-order valence-corrected chi connectivity index (χ1v) is 6.16. The number of hydrogen-bond acceptors (Lipinski definition) is 5. The van der Waals surface area contributed by atoms with E-state index in [1.165, 1.54) is 31.2 Å². The molecule has 0 fully saturated rings. The number of ether oxygens (including phenoxy) is 2. The Hall–Kier alpha value is -2.95. The predicted molar refractivity (Wildman–Crippen MR) is 73.9 cm³/mol. The predicted octanol–water partition coefficient (Wildman–Crippen LogP) is 2.61.